The van der Waals surface area contributed by atoms with Crippen molar-refractivity contribution in [3.8, 4) is 6.07 Å². The third kappa shape index (κ3) is 4.48. The Balaban J connectivity index is 2.06. The van der Waals surface area contributed by atoms with E-state index in [1.54, 1.807) is 6.08 Å². The third-order valence-corrected chi connectivity index (χ3v) is 2.81. The van der Waals surface area contributed by atoms with Gasteiger partial charge in [0, 0.05) is 19.2 Å². The van der Waals surface area contributed by atoms with Crippen molar-refractivity contribution in [1.82, 2.24) is 9.88 Å². The first kappa shape index (κ1) is 14.8. The van der Waals surface area contributed by atoms with Crippen LogP contribution < -0.4 is 5.32 Å². The fourth-order valence-electron chi connectivity index (χ4n) is 1.73. The summed E-state index contributed by atoms with van der Waals surface area (Å²) < 4.78 is 5.56. The Labute approximate surface area is 124 Å². The van der Waals surface area contributed by atoms with Crippen molar-refractivity contribution >= 4 is 18.0 Å². The van der Waals surface area contributed by atoms with Gasteiger partial charge in [-0.15, -0.1) is 0 Å². The molecular weight excluding hydrogens is 264 g/mol. The lowest BCUT2D eigenvalue weighted by Gasteiger charge is -2.09. The van der Waals surface area contributed by atoms with Crippen LogP contribution in [0.2, 0.25) is 0 Å². The summed E-state index contributed by atoms with van der Waals surface area (Å²) in [4.78, 5) is 6.20. The van der Waals surface area contributed by atoms with Gasteiger partial charge in [0.2, 0.25) is 17.5 Å². The highest BCUT2D eigenvalue weighted by atomic mass is 16.4. The molecule has 0 radical (unpaired) electrons. The van der Waals surface area contributed by atoms with Crippen LogP contribution in [0.25, 0.3) is 12.2 Å². The maximum absolute atomic E-state index is 9.08. The van der Waals surface area contributed by atoms with Crippen molar-refractivity contribution in [2.24, 2.45) is 0 Å². The molecule has 1 N–H and O–H groups in total. The fraction of sp³-hybridized carbons (Fsp3) is 0.250. The number of hydrogen-bond acceptors (Lipinski definition) is 5. The largest absolute Gasteiger partial charge is 0.420 e. The summed E-state index contributed by atoms with van der Waals surface area (Å²) in [5.41, 5.74) is 1.33. The van der Waals surface area contributed by atoms with Gasteiger partial charge in [0.05, 0.1) is 0 Å². The highest BCUT2D eigenvalue weighted by Gasteiger charge is 2.10. The number of anilines is 1. The zero-order valence-electron chi connectivity index (χ0n) is 12.2. The smallest absolute Gasteiger partial charge is 0.232 e. The third-order valence-electron chi connectivity index (χ3n) is 2.81. The number of nitrogens with one attached hydrogen (secondary N) is 1. The number of aromatic nitrogens is 1. The molecule has 0 unspecified atom stereocenters. The van der Waals surface area contributed by atoms with Crippen LogP contribution in [0.1, 0.15) is 17.1 Å². The quantitative estimate of drug-likeness (QED) is 0.882. The Morgan fingerprint density at radius 2 is 2.05 bits per heavy atom. The monoisotopic (exact) mass is 282 g/mol. The van der Waals surface area contributed by atoms with Gasteiger partial charge in [-0.1, -0.05) is 30.3 Å². The first-order chi connectivity index (χ1) is 10.2. The summed E-state index contributed by atoms with van der Waals surface area (Å²) >= 11 is 0. The van der Waals surface area contributed by atoms with Gasteiger partial charge >= 0.3 is 0 Å². The SMILES string of the molecule is CN(C)CCNc1oc(C=Cc2ccccc2)nc1C#N. The zero-order chi connectivity index (χ0) is 15.1. The number of nitriles is 1. The highest BCUT2D eigenvalue weighted by molar-refractivity contribution is 5.67. The maximum atomic E-state index is 9.08. The van der Waals surface area contributed by atoms with Crippen molar-refractivity contribution in [3.05, 3.63) is 47.5 Å². The number of oxazole rings is 1. The van der Waals surface area contributed by atoms with Crippen LogP contribution in [0.5, 0.6) is 0 Å². The standard InChI is InChI=1S/C16H18N4O/c1-20(2)11-10-18-16-14(12-17)19-15(21-16)9-8-13-6-4-3-5-7-13/h3-9,18H,10-11H2,1-2H3. The van der Waals surface area contributed by atoms with Crippen LogP contribution in [0, 0.1) is 11.3 Å². The molecule has 1 aromatic carbocycles. The van der Waals surface area contributed by atoms with Crippen LogP contribution in [0.4, 0.5) is 5.88 Å². The molecule has 5 heteroatoms. The van der Waals surface area contributed by atoms with Crippen LogP contribution in [-0.2, 0) is 0 Å². The Morgan fingerprint density at radius 1 is 1.29 bits per heavy atom. The van der Waals surface area contributed by atoms with E-state index in [4.69, 9.17) is 9.68 Å². The lowest BCUT2D eigenvalue weighted by atomic mass is 10.2. The number of hydrogen-bond donors (Lipinski definition) is 1. The average molecular weight is 282 g/mol. The predicted octanol–water partition coefficient (Wildman–Crippen LogP) is 2.69. The van der Waals surface area contributed by atoms with Gasteiger partial charge in [-0.2, -0.15) is 10.2 Å². The van der Waals surface area contributed by atoms with Gasteiger partial charge in [0.25, 0.3) is 0 Å². The molecule has 0 aliphatic rings. The van der Waals surface area contributed by atoms with Gasteiger partial charge in [-0.3, -0.25) is 0 Å². The molecule has 0 aliphatic heterocycles. The van der Waals surface area contributed by atoms with Gasteiger partial charge in [-0.25, -0.2) is 0 Å². The van der Waals surface area contributed by atoms with E-state index in [1.165, 1.54) is 0 Å². The van der Waals surface area contributed by atoms with Crippen LogP contribution in [-0.4, -0.2) is 37.1 Å². The molecular formula is C16H18N4O. The molecule has 0 saturated heterocycles. The average Bonchev–Trinajstić information content (AvgIpc) is 2.88. The van der Waals surface area contributed by atoms with Gasteiger partial charge in [0.15, 0.2) is 0 Å². The molecule has 5 nitrogen and oxygen atoms in total. The molecule has 0 fully saturated rings. The molecule has 0 atom stereocenters. The first-order valence-electron chi connectivity index (χ1n) is 6.71. The molecule has 1 aromatic heterocycles. The minimum atomic E-state index is 0.279. The van der Waals surface area contributed by atoms with Crippen LogP contribution in [0.3, 0.4) is 0 Å². The number of rotatable bonds is 6. The van der Waals surface area contributed by atoms with Crippen LogP contribution in [0.15, 0.2) is 34.7 Å². The second-order valence-corrected chi connectivity index (χ2v) is 4.82. The summed E-state index contributed by atoms with van der Waals surface area (Å²) in [5.74, 6) is 0.842. The summed E-state index contributed by atoms with van der Waals surface area (Å²) in [6.45, 7) is 1.54. The molecule has 0 bridgehead atoms. The fourth-order valence-corrected chi connectivity index (χ4v) is 1.73. The summed E-state index contributed by atoms with van der Waals surface area (Å²) in [6, 6.07) is 11.9. The van der Waals surface area contributed by atoms with E-state index >= 15 is 0 Å². The Bertz CT molecular complexity index is 638. The van der Waals surface area contributed by atoms with E-state index in [1.807, 2.05) is 61.5 Å². The van der Waals surface area contributed by atoms with Crippen molar-refractivity contribution in [2.75, 3.05) is 32.5 Å². The normalized spacial score (nSPS) is 11.0. The minimum Gasteiger partial charge on any atom is -0.420 e. The predicted molar refractivity (Wildman–Crippen MR) is 83.6 cm³/mol. The van der Waals surface area contributed by atoms with Crippen molar-refractivity contribution in [2.45, 2.75) is 0 Å². The number of nitrogens with zero attached hydrogens (tertiary/aromatic N) is 3. The van der Waals surface area contributed by atoms with E-state index in [-0.39, 0.29) is 5.69 Å². The van der Waals surface area contributed by atoms with Crippen LogP contribution >= 0.6 is 0 Å². The minimum absolute atomic E-state index is 0.279. The van der Waals surface area contributed by atoms with Gasteiger partial charge in [-0.05, 0) is 25.7 Å². The maximum Gasteiger partial charge on any atom is 0.232 e. The molecule has 0 aliphatic carbocycles. The molecule has 108 valence electrons. The van der Waals surface area contributed by atoms with E-state index in [9.17, 15) is 0 Å². The molecule has 1 heterocycles. The Morgan fingerprint density at radius 3 is 2.71 bits per heavy atom. The lowest BCUT2D eigenvalue weighted by molar-refractivity contribution is 0.422. The lowest BCUT2D eigenvalue weighted by Crippen LogP contribution is -2.20. The van der Waals surface area contributed by atoms with Crippen molar-refractivity contribution in [3.63, 3.8) is 0 Å². The van der Waals surface area contributed by atoms with Crippen molar-refractivity contribution in [1.29, 1.82) is 5.26 Å². The molecule has 2 aromatic rings. The van der Waals surface area contributed by atoms with E-state index in [2.05, 4.69) is 10.3 Å². The molecule has 21 heavy (non-hydrogen) atoms. The number of likely N-dealkylation sites (N-methyl/N-ethyl adjacent to an activating group) is 1. The topological polar surface area (TPSA) is 65.1 Å². The second kappa shape index (κ2) is 7.27. The van der Waals surface area contributed by atoms with Crippen molar-refractivity contribution < 1.29 is 4.42 Å². The Kier molecular flexibility index (Phi) is 5.13. The summed E-state index contributed by atoms with van der Waals surface area (Å²) in [5, 5.41) is 12.2. The second-order valence-electron chi connectivity index (χ2n) is 4.82. The van der Waals surface area contributed by atoms with Gasteiger partial charge < -0.3 is 14.6 Å². The highest BCUT2D eigenvalue weighted by Crippen LogP contribution is 2.18. The first-order valence-corrected chi connectivity index (χ1v) is 6.71. The van der Waals surface area contributed by atoms with Gasteiger partial charge in [0.1, 0.15) is 6.07 Å². The summed E-state index contributed by atoms with van der Waals surface area (Å²) in [6.07, 6.45) is 3.66. The Hall–Kier alpha value is -2.58. The summed E-state index contributed by atoms with van der Waals surface area (Å²) in [7, 11) is 3.97. The van der Waals surface area contributed by atoms with E-state index in [0.717, 1.165) is 12.1 Å². The molecule has 0 amide bonds. The van der Waals surface area contributed by atoms with E-state index < -0.39 is 0 Å². The van der Waals surface area contributed by atoms with E-state index in [0.29, 0.717) is 18.3 Å². The molecule has 0 spiro atoms. The number of benzene rings is 1. The molecule has 0 saturated carbocycles. The zero-order valence-corrected chi connectivity index (χ0v) is 12.2. The molecule has 2 rings (SSSR count).